The maximum atomic E-state index is 11.6. The number of unbranched alkanes of at least 4 members (excludes halogenated alkanes) is 2. The van der Waals surface area contributed by atoms with Crippen LogP contribution in [0.1, 0.15) is 36.8 Å². The fourth-order valence-corrected chi connectivity index (χ4v) is 2.01. The molecular weight excluding hydrogens is 254 g/mol. The Morgan fingerprint density at radius 2 is 1.85 bits per heavy atom. The molecule has 112 valence electrons. The predicted molar refractivity (Wildman–Crippen MR) is 80.0 cm³/mol. The highest BCUT2D eigenvalue weighted by molar-refractivity contribution is 5.75. The third kappa shape index (κ3) is 7.14. The minimum Gasteiger partial charge on any atom is -0.493 e. The lowest BCUT2D eigenvalue weighted by atomic mass is 10.1. The molecule has 0 spiro atoms. The van der Waals surface area contributed by atoms with E-state index in [1.807, 2.05) is 26.0 Å². The van der Waals surface area contributed by atoms with Crippen molar-refractivity contribution in [1.82, 2.24) is 5.32 Å². The summed E-state index contributed by atoms with van der Waals surface area (Å²) in [4.78, 5) is 11.6. The number of carbonyl (C=O) groups is 1. The maximum Gasteiger partial charge on any atom is 0.223 e. The summed E-state index contributed by atoms with van der Waals surface area (Å²) in [7, 11) is 0. The van der Waals surface area contributed by atoms with Crippen molar-refractivity contribution in [2.45, 2.75) is 39.5 Å². The van der Waals surface area contributed by atoms with Gasteiger partial charge in [0.1, 0.15) is 5.75 Å². The van der Waals surface area contributed by atoms with E-state index in [9.17, 15) is 4.79 Å². The van der Waals surface area contributed by atoms with E-state index in [2.05, 4.69) is 11.4 Å². The topological polar surface area (TPSA) is 58.6 Å². The van der Waals surface area contributed by atoms with Crippen molar-refractivity contribution in [3.63, 3.8) is 0 Å². The Balaban J connectivity index is 2.15. The maximum absolute atomic E-state index is 11.6. The molecule has 0 radical (unpaired) electrons. The molecular formula is C16H25NO3. The molecule has 1 rings (SSSR count). The second kappa shape index (κ2) is 9.37. The molecule has 1 aromatic rings. The SMILES string of the molecule is Cc1cc(C)cc(OCCC(=O)NCCCCCO)c1. The Labute approximate surface area is 121 Å². The first-order valence-corrected chi connectivity index (χ1v) is 7.20. The largest absolute Gasteiger partial charge is 0.493 e. The summed E-state index contributed by atoms with van der Waals surface area (Å²) in [6.07, 6.45) is 3.01. The normalized spacial score (nSPS) is 10.3. The van der Waals surface area contributed by atoms with Gasteiger partial charge in [0, 0.05) is 13.2 Å². The van der Waals surface area contributed by atoms with Crippen molar-refractivity contribution < 1.29 is 14.6 Å². The minimum atomic E-state index is 0.0124. The van der Waals surface area contributed by atoms with E-state index in [-0.39, 0.29) is 12.5 Å². The Bertz CT molecular complexity index is 398. The van der Waals surface area contributed by atoms with Gasteiger partial charge in [-0.05, 0) is 56.4 Å². The average molecular weight is 279 g/mol. The van der Waals surface area contributed by atoms with Gasteiger partial charge in [-0.15, -0.1) is 0 Å². The number of hydrogen-bond donors (Lipinski definition) is 2. The highest BCUT2D eigenvalue weighted by atomic mass is 16.5. The fraction of sp³-hybridized carbons (Fsp3) is 0.562. The van der Waals surface area contributed by atoms with Crippen molar-refractivity contribution in [2.24, 2.45) is 0 Å². The van der Waals surface area contributed by atoms with Gasteiger partial charge in [0.2, 0.25) is 5.91 Å². The van der Waals surface area contributed by atoms with E-state index in [0.29, 0.717) is 19.6 Å². The highest BCUT2D eigenvalue weighted by Crippen LogP contribution is 2.16. The number of nitrogens with one attached hydrogen (secondary N) is 1. The monoisotopic (exact) mass is 279 g/mol. The third-order valence-electron chi connectivity index (χ3n) is 2.95. The number of carbonyl (C=O) groups excluding carboxylic acids is 1. The van der Waals surface area contributed by atoms with Gasteiger partial charge in [0.15, 0.2) is 0 Å². The predicted octanol–water partition coefficient (Wildman–Crippen LogP) is 2.35. The van der Waals surface area contributed by atoms with Gasteiger partial charge < -0.3 is 15.2 Å². The van der Waals surface area contributed by atoms with Crippen LogP contribution in [0.2, 0.25) is 0 Å². The zero-order valence-corrected chi connectivity index (χ0v) is 12.4. The molecule has 0 heterocycles. The van der Waals surface area contributed by atoms with Crippen LogP contribution in [0, 0.1) is 13.8 Å². The standard InChI is InChI=1S/C16H25NO3/c1-13-10-14(2)12-15(11-13)20-9-6-16(19)17-7-4-3-5-8-18/h10-12,18H,3-9H2,1-2H3,(H,17,19). The van der Waals surface area contributed by atoms with Gasteiger partial charge in [0.25, 0.3) is 0 Å². The van der Waals surface area contributed by atoms with Gasteiger partial charge in [0.05, 0.1) is 13.0 Å². The van der Waals surface area contributed by atoms with Crippen molar-refractivity contribution in [1.29, 1.82) is 0 Å². The molecule has 0 aliphatic carbocycles. The van der Waals surface area contributed by atoms with Gasteiger partial charge in [-0.3, -0.25) is 4.79 Å². The van der Waals surface area contributed by atoms with Gasteiger partial charge in [-0.2, -0.15) is 0 Å². The highest BCUT2D eigenvalue weighted by Gasteiger charge is 2.02. The Morgan fingerprint density at radius 3 is 2.50 bits per heavy atom. The second-order valence-electron chi connectivity index (χ2n) is 5.06. The molecule has 1 amide bonds. The molecule has 0 aliphatic rings. The summed E-state index contributed by atoms with van der Waals surface area (Å²) in [6, 6.07) is 6.03. The number of hydrogen-bond acceptors (Lipinski definition) is 3. The molecule has 1 aromatic carbocycles. The van der Waals surface area contributed by atoms with E-state index in [1.54, 1.807) is 0 Å². The molecule has 0 atom stereocenters. The number of benzene rings is 1. The molecule has 4 heteroatoms. The van der Waals surface area contributed by atoms with Crippen LogP contribution in [-0.4, -0.2) is 30.8 Å². The van der Waals surface area contributed by atoms with Crippen LogP contribution in [0.4, 0.5) is 0 Å². The van der Waals surface area contributed by atoms with Crippen LogP contribution in [0.5, 0.6) is 5.75 Å². The van der Waals surface area contributed by atoms with Gasteiger partial charge in [-0.1, -0.05) is 6.07 Å². The van der Waals surface area contributed by atoms with Crippen molar-refractivity contribution in [3.8, 4) is 5.75 Å². The molecule has 0 aromatic heterocycles. The number of amides is 1. The van der Waals surface area contributed by atoms with Crippen LogP contribution in [-0.2, 0) is 4.79 Å². The molecule has 0 fully saturated rings. The Hall–Kier alpha value is -1.55. The smallest absolute Gasteiger partial charge is 0.223 e. The minimum absolute atomic E-state index is 0.0124. The quantitative estimate of drug-likeness (QED) is 0.682. The Morgan fingerprint density at radius 1 is 1.15 bits per heavy atom. The molecule has 0 bridgehead atoms. The summed E-state index contributed by atoms with van der Waals surface area (Å²) in [5.74, 6) is 0.830. The lowest BCUT2D eigenvalue weighted by Crippen LogP contribution is -2.25. The first kappa shape index (κ1) is 16.5. The van der Waals surface area contributed by atoms with Crippen LogP contribution >= 0.6 is 0 Å². The van der Waals surface area contributed by atoms with Crippen LogP contribution in [0.25, 0.3) is 0 Å². The second-order valence-corrected chi connectivity index (χ2v) is 5.06. The van der Waals surface area contributed by atoms with E-state index in [0.717, 1.165) is 36.1 Å². The van der Waals surface area contributed by atoms with Crippen LogP contribution in [0.15, 0.2) is 18.2 Å². The fourth-order valence-electron chi connectivity index (χ4n) is 2.01. The van der Waals surface area contributed by atoms with Crippen molar-refractivity contribution in [2.75, 3.05) is 19.8 Å². The van der Waals surface area contributed by atoms with Crippen molar-refractivity contribution >= 4 is 5.91 Å². The summed E-state index contributed by atoms with van der Waals surface area (Å²) < 4.78 is 5.59. The lowest BCUT2D eigenvalue weighted by Gasteiger charge is -2.08. The molecule has 20 heavy (non-hydrogen) atoms. The number of aliphatic hydroxyl groups is 1. The first-order valence-electron chi connectivity index (χ1n) is 7.20. The third-order valence-corrected chi connectivity index (χ3v) is 2.95. The number of rotatable bonds is 9. The first-order chi connectivity index (χ1) is 9.61. The summed E-state index contributed by atoms with van der Waals surface area (Å²) >= 11 is 0. The molecule has 0 saturated heterocycles. The Kier molecular flexibility index (Phi) is 7.73. The van der Waals surface area contributed by atoms with Crippen LogP contribution in [0.3, 0.4) is 0 Å². The van der Waals surface area contributed by atoms with E-state index in [1.165, 1.54) is 0 Å². The zero-order valence-electron chi connectivity index (χ0n) is 12.4. The van der Waals surface area contributed by atoms with E-state index in [4.69, 9.17) is 9.84 Å². The summed E-state index contributed by atoms with van der Waals surface area (Å²) in [6.45, 7) is 5.34. The molecule has 0 unspecified atom stereocenters. The van der Waals surface area contributed by atoms with Crippen LogP contribution < -0.4 is 10.1 Å². The van der Waals surface area contributed by atoms with Gasteiger partial charge >= 0.3 is 0 Å². The summed E-state index contributed by atoms with van der Waals surface area (Å²) in [5, 5.41) is 11.5. The summed E-state index contributed by atoms with van der Waals surface area (Å²) in [5.41, 5.74) is 2.32. The number of aliphatic hydroxyl groups excluding tert-OH is 1. The lowest BCUT2D eigenvalue weighted by molar-refractivity contribution is -0.121. The molecule has 0 saturated carbocycles. The molecule has 0 aliphatic heterocycles. The van der Waals surface area contributed by atoms with Gasteiger partial charge in [-0.25, -0.2) is 0 Å². The molecule has 4 nitrogen and oxygen atoms in total. The van der Waals surface area contributed by atoms with E-state index < -0.39 is 0 Å². The molecule has 2 N–H and O–H groups in total. The average Bonchev–Trinajstić information content (AvgIpc) is 2.37. The number of aryl methyl sites for hydroxylation is 2. The number of ether oxygens (including phenoxy) is 1. The zero-order chi connectivity index (χ0) is 14.8. The van der Waals surface area contributed by atoms with E-state index >= 15 is 0 Å². The van der Waals surface area contributed by atoms with Crippen molar-refractivity contribution in [3.05, 3.63) is 29.3 Å².